The molecule has 1 aromatic carbocycles. The average molecular weight is 288 g/mol. The highest BCUT2D eigenvalue weighted by Crippen LogP contribution is 2.37. The van der Waals surface area contributed by atoms with E-state index in [4.69, 9.17) is 4.74 Å². The number of likely N-dealkylation sites (tertiary alicyclic amines) is 1. The molecule has 2 aliphatic rings. The lowest BCUT2D eigenvalue weighted by Crippen LogP contribution is -2.36. The number of para-hydroxylation sites is 1. The molecule has 2 aliphatic heterocycles. The molecule has 0 bridgehead atoms. The van der Waals surface area contributed by atoms with Gasteiger partial charge < -0.3 is 15.0 Å². The molecule has 0 atom stereocenters. The van der Waals surface area contributed by atoms with Gasteiger partial charge in [-0.05, 0) is 32.3 Å². The Hall–Kier alpha value is -1.55. The Labute approximate surface area is 126 Å². The molecule has 1 aromatic rings. The van der Waals surface area contributed by atoms with Gasteiger partial charge in [0.1, 0.15) is 11.4 Å². The van der Waals surface area contributed by atoms with Crippen molar-refractivity contribution >= 4 is 5.91 Å². The van der Waals surface area contributed by atoms with Gasteiger partial charge in [0.05, 0.1) is 6.54 Å². The lowest BCUT2D eigenvalue weighted by molar-refractivity contribution is -0.129. The van der Waals surface area contributed by atoms with Crippen molar-refractivity contribution in [3.05, 3.63) is 29.3 Å². The largest absolute Gasteiger partial charge is 0.487 e. The highest BCUT2D eigenvalue weighted by molar-refractivity contribution is 5.78. The number of carbonyl (C=O) groups is 1. The van der Waals surface area contributed by atoms with Crippen LogP contribution in [0, 0.1) is 0 Å². The number of hydrogen-bond donors (Lipinski definition) is 1. The molecule has 114 valence electrons. The zero-order valence-electron chi connectivity index (χ0n) is 12.9. The van der Waals surface area contributed by atoms with E-state index in [1.807, 2.05) is 4.90 Å². The van der Waals surface area contributed by atoms with Crippen LogP contribution >= 0.6 is 0 Å². The molecule has 21 heavy (non-hydrogen) atoms. The molecule has 0 unspecified atom stereocenters. The van der Waals surface area contributed by atoms with Gasteiger partial charge in [-0.2, -0.15) is 0 Å². The smallest absolute Gasteiger partial charge is 0.236 e. The minimum Gasteiger partial charge on any atom is -0.487 e. The topological polar surface area (TPSA) is 41.6 Å². The van der Waals surface area contributed by atoms with Crippen molar-refractivity contribution in [2.45, 2.75) is 45.3 Å². The Morgan fingerprint density at radius 1 is 1.33 bits per heavy atom. The van der Waals surface area contributed by atoms with Crippen molar-refractivity contribution in [3.8, 4) is 5.75 Å². The van der Waals surface area contributed by atoms with Gasteiger partial charge in [0.15, 0.2) is 0 Å². The van der Waals surface area contributed by atoms with Gasteiger partial charge in [-0.1, -0.05) is 18.2 Å². The number of nitrogens with one attached hydrogen (secondary N) is 1. The summed E-state index contributed by atoms with van der Waals surface area (Å²) < 4.78 is 6.05. The van der Waals surface area contributed by atoms with E-state index >= 15 is 0 Å². The fourth-order valence-corrected chi connectivity index (χ4v) is 3.20. The second kappa shape index (κ2) is 5.68. The van der Waals surface area contributed by atoms with E-state index < -0.39 is 0 Å². The summed E-state index contributed by atoms with van der Waals surface area (Å²) in [6.45, 7) is 7.14. The second-order valence-electron chi connectivity index (χ2n) is 6.64. The normalized spacial score (nSPS) is 19.4. The minimum atomic E-state index is -0.121. The van der Waals surface area contributed by atoms with Gasteiger partial charge >= 0.3 is 0 Å². The zero-order chi connectivity index (χ0) is 14.9. The number of rotatable bonds is 4. The standard InChI is InChI=1S/C17H24N2O2/c1-17(2)10-13-6-5-7-14(16(13)21-17)11-18-12-15(20)19-8-3-4-9-19/h5-7,18H,3-4,8-12H2,1-2H3. The third kappa shape index (κ3) is 3.21. The first-order valence-corrected chi connectivity index (χ1v) is 7.83. The van der Waals surface area contributed by atoms with Crippen LogP contribution in [-0.4, -0.2) is 36.0 Å². The van der Waals surface area contributed by atoms with Crippen LogP contribution < -0.4 is 10.1 Å². The van der Waals surface area contributed by atoms with Gasteiger partial charge in [0.2, 0.25) is 5.91 Å². The summed E-state index contributed by atoms with van der Waals surface area (Å²) in [5.41, 5.74) is 2.29. The molecule has 0 saturated carbocycles. The van der Waals surface area contributed by atoms with Crippen LogP contribution in [0.1, 0.15) is 37.8 Å². The van der Waals surface area contributed by atoms with E-state index in [1.165, 1.54) is 5.56 Å². The van der Waals surface area contributed by atoms with E-state index in [0.717, 1.165) is 43.7 Å². The Bertz CT molecular complexity index is 534. The summed E-state index contributed by atoms with van der Waals surface area (Å²) in [7, 11) is 0. The maximum atomic E-state index is 12.0. The number of amides is 1. The van der Waals surface area contributed by atoms with Crippen LogP contribution in [0.15, 0.2) is 18.2 Å². The van der Waals surface area contributed by atoms with E-state index in [2.05, 4.69) is 37.4 Å². The zero-order valence-corrected chi connectivity index (χ0v) is 12.9. The molecule has 2 heterocycles. The quantitative estimate of drug-likeness (QED) is 0.922. The maximum Gasteiger partial charge on any atom is 0.236 e. The Balaban J connectivity index is 1.57. The molecular weight excluding hydrogens is 264 g/mol. The van der Waals surface area contributed by atoms with E-state index in [0.29, 0.717) is 13.1 Å². The van der Waals surface area contributed by atoms with E-state index in [-0.39, 0.29) is 11.5 Å². The number of fused-ring (bicyclic) bond motifs is 1. The molecule has 4 heteroatoms. The first-order valence-electron chi connectivity index (χ1n) is 7.83. The fourth-order valence-electron chi connectivity index (χ4n) is 3.20. The van der Waals surface area contributed by atoms with Crippen LogP contribution in [0.5, 0.6) is 5.75 Å². The number of ether oxygens (including phenoxy) is 1. The number of benzene rings is 1. The number of hydrogen-bond acceptors (Lipinski definition) is 3. The molecule has 3 rings (SSSR count). The first kappa shape index (κ1) is 14.4. The van der Waals surface area contributed by atoms with Crippen molar-refractivity contribution in [1.82, 2.24) is 10.2 Å². The van der Waals surface area contributed by atoms with E-state index in [1.54, 1.807) is 0 Å². The van der Waals surface area contributed by atoms with Crippen LogP contribution in [-0.2, 0) is 17.8 Å². The molecule has 0 spiro atoms. The molecular formula is C17H24N2O2. The van der Waals surface area contributed by atoms with Crippen LogP contribution in [0.4, 0.5) is 0 Å². The highest BCUT2D eigenvalue weighted by Gasteiger charge is 2.31. The van der Waals surface area contributed by atoms with Crippen molar-refractivity contribution in [2.75, 3.05) is 19.6 Å². The van der Waals surface area contributed by atoms with Gasteiger partial charge in [-0.3, -0.25) is 4.79 Å². The summed E-state index contributed by atoms with van der Waals surface area (Å²) in [5.74, 6) is 1.21. The summed E-state index contributed by atoms with van der Waals surface area (Å²) in [5, 5.41) is 3.26. The van der Waals surface area contributed by atoms with Gasteiger partial charge in [-0.15, -0.1) is 0 Å². The van der Waals surface area contributed by atoms with Crippen molar-refractivity contribution in [1.29, 1.82) is 0 Å². The minimum absolute atomic E-state index is 0.121. The summed E-state index contributed by atoms with van der Waals surface area (Å²) >= 11 is 0. The molecule has 0 aromatic heterocycles. The Morgan fingerprint density at radius 3 is 2.86 bits per heavy atom. The number of carbonyl (C=O) groups excluding carboxylic acids is 1. The molecule has 4 nitrogen and oxygen atoms in total. The molecule has 1 N–H and O–H groups in total. The second-order valence-corrected chi connectivity index (χ2v) is 6.64. The van der Waals surface area contributed by atoms with Gasteiger partial charge in [0.25, 0.3) is 0 Å². The first-order chi connectivity index (χ1) is 10.1. The van der Waals surface area contributed by atoms with E-state index in [9.17, 15) is 4.79 Å². The summed E-state index contributed by atoms with van der Waals surface area (Å²) in [4.78, 5) is 14.0. The SMILES string of the molecule is CC1(C)Cc2cccc(CNCC(=O)N3CCCC3)c2O1. The molecule has 0 aliphatic carbocycles. The number of nitrogens with zero attached hydrogens (tertiary/aromatic N) is 1. The average Bonchev–Trinajstić information content (AvgIpc) is 3.04. The predicted octanol–water partition coefficient (Wildman–Crippen LogP) is 2.11. The lowest BCUT2D eigenvalue weighted by Gasteiger charge is -2.19. The monoisotopic (exact) mass is 288 g/mol. The Kier molecular flexibility index (Phi) is 3.89. The third-order valence-electron chi connectivity index (χ3n) is 4.22. The van der Waals surface area contributed by atoms with Crippen LogP contribution in [0.3, 0.4) is 0 Å². The summed E-state index contributed by atoms with van der Waals surface area (Å²) in [6, 6.07) is 6.28. The lowest BCUT2D eigenvalue weighted by atomic mass is 10.0. The Morgan fingerprint density at radius 2 is 2.10 bits per heavy atom. The van der Waals surface area contributed by atoms with Gasteiger partial charge in [0, 0.05) is 31.6 Å². The molecule has 1 saturated heterocycles. The van der Waals surface area contributed by atoms with Crippen LogP contribution in [0.2, 0.25) is 0 Å². The van der Waals surface area contributed by atoms with Gasteiger partial charge in [-0.25, -0.2) is 0 Å². The van der Waals surface area contributed by atoms with Crippen molar-refractivity contribution in [3.63, 3.8) is 0 Å². The molecule has 1 amide bonds. The fraction of sp³-hybridized carbons (Fsp3) is 0.588. The van der Waals surface area contributed by atoms with Crippen LogP contribution in [0.25, 0.3) is 0 Å². The maximum absolute atomic E-state index is 12.0. The predicted molar refractivity (Wildman–Crippen MR) is 82.4 cm³/mol. The van der Waals surface area contributed by atoms with Crippen molar-refractivity contribution < 1.29 is 9.53 Å². The third-order valence-corrected chi connectivity index (χ3v) is 4.22. The molecule has 0 radical (unpaired) electrons. The molecule has 1 fully saturated rings. The van der Waals surface area contributed by atoms with Crippen molar-refractivity contribution in [2.24, 2.45) is 0 Å². The highest BCUT2D eigenvalue weighted by atomic mass is 16.5. The summed E-state index contributed by atoms with van der Waals surface area (Å²) in [6.07, 6.45) is 3.23.